The quantitative estimate of drug-likeness (QED) is 0.500. The summed E-state index contributed by atoms with van der Waals surface area (Å²) in [5.41, 5.74) is 3.84. The summed E-state index contributed by atoms with van der Waals surface area (Å²) in [7, 11) is -4.37. The van der Waals surface area contributed by atoms with Crippen molar-refractivity contribution >= 4 is 15.8 Å². The molecule has 0 amide bonds. The number of aromatic nitrogens is 5. The number of hydrogen-bond donors (Lipinski definition) is 3. The first kappa shape index (κ1) is 22.6. The predicted molar refractivity (Wildman–Crippen MR) is 103 cm³/mol. The van der Waals surface area contributed by atoms with Gasteiger partial charge in [0.05, 0.1) is 16.8 Å². The Morgan fingerprint density at radius 1 is 1.29 bits per heavy atom. The van der Waals surface area contributed by atoms with Crippen molar-refractivity contribution in [2.24, 2.45) is 0 Å². The molecule has 10 nitrogen and oxygen atoms in total. The third-order valence-electron chi connectivity index (χ3n) is 4.43. The maximum absolute atomic E-state index is 12.8. The molecular formula is C17H18F3N7O3S. The van der Waals surface area contributed by atoms with Crippen LogP contribution in [0.15, 0.2) is 41.9 Å². The van der Waals surface area contributed by atoms with Crippen LogP contribution in [0.1, 0.15) is 12.5 Å². The molecule has 3 rings (SSSR count). The van der Waals surface area contributed by atoms with E-state index in [4.69, 9.17) is 5.73 Å². The number of halogens is 3. The molecule has 31 heavy (non-hydrogen) atoms. The second-order valence-electron chi connectivity index (χ2n) is 6.88. The Bertz CT molecular complexity index is 1200. The van der Waals surface area contributed by atoms with E-state index in [-0.39, 0.29) is 22.2 Å². The smallest absolute Gasteiger partial charge is 0.381 e. The third kappa shape index (κ3) is 4.65. The summed E-state index contributed by atoms with van der Waals surface area (Å²) in [6.07, 6.45) is -1.05. The summed E-state index contributed by atoms with van der Waals surface area (Å²) in [6.45, 7) is 0.923. The highest BCUT2D eigenvalue weighted by Gasteiger charge is 2.50. The molecule has 0 aliphatic rings. The van der Waals surface area contributed by atoms with Crippen molar-refractivity contribution in [3.8, 4) is 17.1 Å². The molecule has 0 spiro atoms. The van der Waals surface area contributed by atoms with Gasteiger partial charge in [0.25, 0.3) is 0 Å². The molecule has 2 heterocycles. The Balaban J connectivity index is 1.97. The zero-order valence-electron chi connectivity index (χ0n) is 16.3. The predicted octanol–water partition coefficient (Wildman–Crippen LogP) is 1.21. The summed E-state index contributed by atoms with van der Waals surface area (Å²) in [4.78, 5) is 11.9. The number of nitrogens with two attached hydrogens (primary N) is 1. The zero-order valence-corrected chi connectivity index (χ0v) is 17.1. The van der Waals surface area contributed by atoms with Crippen molar-refractivity contribution in [2.45, 2.75) is 30.5 Å². The monoisotopic (exact) mass is 457 g/mol. The molecular weight excluding hydrogens is 439 g/mol. The van der Waals surface area contributed by atoms with Crippen LogP contribution < -0.4 is 10.5 Å². The Labute approximate surface area is 175 Å². The van der Waals surface area contributed by atoms with E-state index in [1.807, 2.05) is 0 Å². The van der Waals surface area contributed by atoms with E-state index in [1.54, 1.807) is 11.6 Å². The fourth-order valence-corrected chi connectivity index (χ4v) is 3.63. The molecule has 1 atom stereocenters. The second kappa shape index (κ2) is 7.86. The number of anilines is 1. The van der Waals surface area contributed by atoms with E-state index < -0.39 is 28.3 Å². The summed E-state index contributed by atoms with van der Waals surface area (Å²) in [5.74, 6) is 0.230. The minimum absolute atomic E-state index is 0.0618. The van der Waals surface area contributed by atoms with Gasteiger partial charge < -0.3 is 10.8 Å². The highest BCUT2D eigenvalue weighted by molar-refractivity contribution is 7.89. The lowest BCUT2D eigenvalue weighted by Gasteiger charge is -2.26. The fraction of sp³-hybridized carbons (Fsp3) is 0.294. The van der Waals surface area contributed by atoms with Crippen molar-refractivity contribution in [3.05, 3.63) is 42.6 Å². The van der Waals surface area contributed by atoms with Crippen LogP contribution in [-0.2, 0) is 10.0 Å². The number of hydrogen-bond acceptors (Lipinski definition) is 8. The summed E-state index contributed by atoms with van der Waals surface area (Å²) >= 11 is 0. The Morgan fingerprint density at radius 3 is 2.61 bits per heavy atom. The number of aliphatic hydroxyl groups is 1. The number of alkyl halides is 3. The minimum atomic E-state index is -5.01. The largest absolute Gasteiger partial charge is 0.418 e. The first-order chi connectivity index (χ1) is 14.3. The van der Waals surface area contributed by atoms with Crippen LogP contribution in [0.3, 0.4) is 0 Å². The maximum atomic E-state index is 12.8. The Hall–Kier alpha value is -3.10. The van der Waals surface area contributed by atoms with E-state index in [1.165, 1.54) is 41.7 Å². The van der Waals surface area contributed by atoms with Crippen LogP contribution >= 0.6 is 0 Å². The molecule has 0 radical (unpaired) electrons. The lowest BCUT2D eigenvalue weighted by Crippen LogP contribution is -2.51. The van der Waals surface area contributed by atoms with Gasteiger partial charge in [-0.3, -0.25) is 0 Å². The molecule has 166 valence electrons. The number of nitrogens with one attached hydrogen (secondary N) is 1. The second-order valence-corrected chi connectivity index (χ2v) is 8.64. The number of sulfonamides is 1. The first-order valence-electron chi connectivity index (χ1n) is 8.69. The molecule has 0 saturated carbocycles. The fourth-order valence-electron chi connectivity index (χ4n) is 2.47. The van der Waals surface area contributed by atoms with Gasteiger partial charge in [-0.15, -0.1) is 0 Å². The number of nitrogen functional groups attached to an aromatic ring is 1. The zero-order chi connectivity index (χ0) is 23.0. The molecule has 2 aromatic heterocycles. The van der Waals surface area contributed by atoms with Gasteiger partial charge in [-0.05, 0) is 31.5 Å². The normalized spacial score (nSPS) is 14.4. The number of benzene rings is 1. The van der Waals surface area contributed by atoms with Crippen LogP contribution in [0.5, 0.6) is 0 Å². The van der Waals surface area contributed by atoms with Crippen LogP contribution in [0.4, 0.5) is 19.0 Å². The molecule has 1 unspecified atom stereocenters. The van der Waals surface area contributed by atoms with Crippen LogP contribution in [-0.4, -0.2) is 56.6 Å². The molecule has 3 aromatic rings. The molecule has 0 fully saturated rings. The molecule has 0 bridgehead atoms. The van der Waals surface area contributed by atoms with Gasteiger partial charge >= 0.3 is 6.18 Å². The van der Waals surface area contributed by atoms with Gasteiger partial charge in [-0.2, -0.15) is 23.0 Å². The van der Waals surface area contributed by atoms with Gasteiger partial charge in [0.2, 0.25) is 10.0 Å². The average Bonchev–Trinajstić information content (AvgIpc) is 3.21. The molecule has 0 saturated heterocycles. The van der Waals surface area contributed by atoms with Gasteiger partial charge in [0, 0.05) is 12.1 Å². The van der Waals surface area contributed by atoms with Crippen LogP contribution in [0.25, 0.3) is 17.1 Å². The molecule has 14 heteroatoms. The summed E-state index contributed by atoms with van der Waals surface area (Å²) < 4.78 is 66.6. The number of aryl methyl sites for hydroxylation is 1. The van der Waals surface area contributed by atoms with Crippen LogP contribution in [0.2, 0.25) is 0 Å². The lowest BCUT2D eigenvalue weighted by atomic mass is 10.1. The van der Waals surface area contributed by atoms with Crippen molar-refractivity contribution in [3.63, 3.8) is 0 Å². The van der Waals surface area contributed by atoms with E-state index in [9.17, 15) is 26.7 Å². The summed E-state index contributed by atoms with van der Waals surface area (Å²) in [6, 6.07) is 3.94. The Morgan fingerprint density at radius 2 is 2.00 bits per heavy atom. The molecule has 1 aromatic carbocycles. The SMILES string of the molecule is Cc1ccc(S(=O)(=O)NCC(C)(O)C(F)(F)F)cc1-c1cnc(N)c(-n2cncn2)n1. The van der Waals surface area contributed by atoms with E-state index in [0.29, 0.717) is 18.1 Å². The van der Waals surface area contributed by atoms with Crippen molar-refractivity contribution in [1.82, 2.24) is 29.5 Å². The minimum Gasteiger partial charge on any atom is -0.381 e. The van der Waals surface area contributed by atoms with Gasteiger partial charge in [-0.1, -0.05) is 6.07 Å². The topological polar surface area (TPSA) is 149 Å². The highest BCUT2D eigenvalue weighted by atomic mass is 32.2. The lowest BCUT2D eigenvalue weighted by molar-refractivity contribution is -0.249. The highest BCUT2D eigenvalue weighted by Crippen LogP contribution is 2.30. The van der Waals surface area contributed by atoms with Gasteiger partial charge in [0.1, 0.15) is 12.7 Å². The molecule has 0 aliphatic heterocycles. The maximum Gasteiger partial charge on any atom is 0.418 e. The van der Waals surface area contributed by atoms with Crippen molar-refractivity contribution in [1.29, 1.82) is 0 Å². The molecule has 0 aliphatic carbocycles. The van der Waals surface area contributed by atoms with Crippen molar-refractivity contribution in [2.75, 3.05) is 12.3 Å². The van der Waals surface area contributed by atoms with E-state index >= 15 is 0 Å². The Kier molecular flexibility index (Phi) is 5.73. The van der Waals surface area contributed by atoms with Gasteiger partial charge in [-0.25, -0.2) is 28.1 Å². The first-order valence-corrected chi connectivity index (χ1v) is 10.2. The number of rotatable bonds is 6. The van der Waals surface area contributed by atoms with E-state index in [0.717, 1.165) is 0 Å². The standard InChI is InChI=1S/C17H18F3N7O3S/c1-10-3-4-11(31(29,30)25-7-16(2,28)17(18,19)20)5-12(10)13-6-23-14(21)15(26-13)27-9-22-8-24-27/h3-6,8-9,25,28H,7H2,1-2H3,(H2,21,23). The van der Waals surface area contributed by atoms with Crippen LogP contribution in [0, 0.1) is 6.92 Å². The van der Waals surface area contributed by atoms with E-state index in [2.05, 4.69) is 20.1 Å². The number of nitrogens with zero attached hydrogens (tertiary/aromatic N) is 5. The molecule has 4 N–H and O–H groups in total. The summed E-state index contributed by atoms with van der Waals surface area (Å²) in [5, 5.41) is 13.4. The average molecular weight is 457 g/mol. The van der Waals surface area contributed by atoms with Crippen molar-refractivity contribution < 1.29 is 26.7 Å². The van der Waals surface area contributed by atoms with Gasteiger partial charge in [0.15, 0.2) is 17.2 Å². The third-order valence-corrected chi connectivity index (χ3v) is 5.83.